The third kappa shape index (κ3) is 3.26. The van der Waals surface area contributed by atoms with Gasteiger partial charge in [0, 0.05) is 28.9 Å². The van der Waals surface area contributed by atoms with E-state index in [0.717, 1.165) is 24.3 Å². The maximum atomic E-state index is 6.07. The number of pyridine rings is 1. The second kappa shape index (κ2) is 6.56. The average molecular weight is 302 g/mol. The lowest BCUT2D eigenvalue weighted by molar-refractivity contribution is 0.387. The first kappa shape index (κ1) is 14.5. The number of aryl methyl sites for hydroxylation is 1. The molecule has 2 atom stereocenters. The zero-order valence-corrected chi connectivity index (χ0v) is 12.7. The number of rotatable bonds is 4. The highest BCUT2D eigenvalue weighted by molar-refractivity contribution is 6.30. The van der Waals surface area contributed by atoms with E-state index in [9.17, 15) is 0 Å². The predicted octanol–water partition coefficient (Wildman–Crippen LogP) is 3.23. The maximum absolute atomic E-state index is 6.07. The number of nitrogens with zero attached hydrogens (tertiary/aromatic N) is 1. The molecule has 1 heterocycles. The van der Waals surface area contributed by atoms with Crippen LogP contribution < -0.4 is 11.3 Å². The van der Waals surface area contributed by atoms with Crippen LogP contribution in [0.3, 0.4) is 0 Å². The lowest BCUT2D eigenvalue weighted by atomic mass is 9.80. The van der Waals surface area contributed by atoms with Crippen LogP contribution in [0.2, 0.25) is 5.02 Å². The fourth-order valence-electron chi connectivity index (χ4n) is 3.27. The Labute approximate surface area is 130 Å². The number of hydrogen-bond acceptors (Lipinski definition) is 3. The summed E-state index contributed by atoms with van der Waals surface area (Å²) in [5, 5.41) is 0.769. The van der Waals surface area contributed by atoms with Crippen molar-refractivity contribution in [1.82, 2.24) is 10.4 Å². The summed E-state index contributed by atoms with van der Waals surface area (Å²) in [5.74, 6) is 6.20. The van der Waals surface area contributed by atoms with E-state index in [1.165, 1.54) is 23.2 Å². The van der Waals surface area contributed by atoms with Crippen LogP contribution in [0.4, 0.5) is 0 Å². The van der Waals surface area contributed by atoms with Gasteiger partial charge in [-0.15, -0.1) is 0 Å². The Morgan fingerprint density at radius 2 is 2.24 bits per heavy atom. The Balaban J connectivity index is 1.84. The number of aromatic nitrogens is 1. The molecule has 0 saturated carbocycles. The van der Waals surface area contributed by atoms with Crippen LogP contribution in [0.5, 0.6) is 0 Å². The topological polar surface area (TPSA) is 50.9 Å². The monoisotopic (exact) mass is 301 g/mol. The highest BCUT2D eigenvalue weighted by Crippen LogP contribution is 2.33. The second-order valence-corrected chi connectivity index (χ2v) is 6.09. The molecule has 1 aromatic heterocycles. The first-order valence-electron chi connectivity index (χ1n) is 7.42. The number of benzene rings is 1. The molecular formula is C17H20ClN3. The van der Waals surface area contributed by atoms with E-state index in [-0.39, 0.29) is 6.04 Å². The Bertz CT molecular complexity index is 614. The Morgan fingerprint density at radius 3 is 3.05 bits per heavy atom. The quantitative estimate of drug-likeness (QED) is 0.673. The molecule has 0 aliphatic heterocycles. The molecule has 0 amide bonds. The van der Waals surface area contributed by atoms with Crippen molar-refractivity contribution in [1.29, 1.82) is 0 Å². The van der Waals surface area contributed by atoms with Gasteiger partial charge in [0.2, 0.25) is 0 Å². The van der Waals surface area contributed by atoms with E-state index in [1.54, 1.807) is 0 Å². The molecule has 2 aromatic rings. The molecule has 3 N–H and O–H groups in total. The molecule has 1 aromatic carbocycles. The summed E-state index contributed by atoms with van der Waals surface area (Å²) in [6, 6.07) is 12.4. The summed E-state index contributed by atoms with van der Waals surface area (Å²) in [4.78, 5) is 4.61. The van der Waals surface area contributed by atoms with Crippen molar-refractivity contribution in [2.24, 2.45) is 5.84 Å². The fourth-order valence-corrected chi connectivity index (χ4v) is 3.49. The van der Waals surface area contributed by atoms with Gasteiger partial charge in [0.1, 0.15) is 0 Å². The molecule has 3 nitrogen and oxygen atoms in total. The van der Waals surface area contributed by atoms with Crippen LogP contribution in [0.15, 0.2) is 42.6 Å². The van der Waals surface area contributed by atoms with Crippen molar-refractivity contribution in [3.05, 3.63) is 64.4 Å². The van der Waals surface area contributed by atoms with Gasteiger partial charge in [-0.2, -0.15) is 0 Å². The minimum absolute atomic E-state index is 0.178. The summed E-state index contributed by atoms with van der Waals surface area (Å²) in [6.45, 7) is 0. The highest BCUT2D eigenvalue weighted by atomic mass is 35.5. The van der Waals surface area contributed by atoms with Gasteiger partial charge in [0.15, 0.2) is 0 Å². The Kier molecular flexibility index (Phi) is 4.54. The third-order valence-electron chi connectivity index (χ3n) is 4.28. The maximum Gasteiger partial charge on any atom is 0.0482 e. The predicted molar refractivity (Wildman–Crippen MR) is 86.2 cm³/mol. The van der Waals surface area contributed by atoms with Crippen molar-refractivity contribution in [3.63, 3.8) is 0 Å². The first-order valence-corrected chi connectivity index (χ1v) is 7.80. The van der Waals surface area contributed by atoms with E-state index in [2.05, 4.69) is 22.5 Å². The first-order chi connectivity index (χ1) is 10.3. The van der Waals surface area contributed by atoms with Gasteiger partial charge in [-0.1, -0.05) is 29.8 Å². The number of fused-ring (bicyclic) bond motifs is 1. The van der Waals surface area contributed by atoms with Gasteiger partial charge in [-0.3, -0.25) is 16.3 Å². The molecule has 0 radical (unpaired) electrons. The van der Waals surface area contributed by atoms with Crippen molar-refractivity contribution in [3.8, 4) is 0 Å². The van der Waals surface area contributed by atoms with Gasteiger partial charge in [-0.05, 0) is 55.0 Å². The summed E-state index contributed by atoms with van der Waals surface area (Å²) < 4.78 is 0. The number of nitrogens with one attached hydrogen (secondary N) is 1. The molecule has 2 unspecified atom stereocenters. The average Bonchev–Trinajstić information content (AvgIpc) is 2.52. The summed E-state index contributed by atoms with van der Waals surface area (Å²) in [5.41, 5.74) is 6.76. The van der Waals surface area contributed by atoms with Crippen LogP contribution in [-0.4, -0.2) is 11.0 Å². The minimum Gasteiger partial charge on any atom is -0.271 e. The molecule has 110 valence electrons. The molecule has 1 aliphatic rings. The van der Waals surface area contributed by atoms with E-state index >= 15 is 0 Å². The van der Waals surface area contributed by atoms with Gasteiger partial charge in [0.25, 0.3) is 0 Å². The van der Waals surface area contributed by atoms with Crippen molar-refractivity contribution < 1.29 is 0 Å². The van der Waals surface area contributed by atoms with Crippen molar-refractivity contribution in [2.75, 3.05) is 0 Å². The van der Waals surface area contributed by atoms with Crippen LogP contribution in [0.25, 0.3) is 0 Å². The van der Waals surface area contributed by atoms with Crippen LogP contribution in [0.1, 0.15) is 35.6 Å². The molecular weight excluding hydrogens is 282 g/mol. The third-order valence-corrected chi connectivity index (χ3v) is 4.52. The number of hydrazine groups is 1. The van der Waals surface area contributed by atoms with Crippen LogP contribution in [-0.2, 0) is 12.8 Å². The SMILES string of the molecule is NNC(Cc1cccc(Cl)c1)C1CCCc2cccnc21. The lowest BCUT2D eigenvalue weighted by Crippen LogP contribution is -2.42. The van der Waals surface area contributed by atoms with Gasteiger partial charge >= 0.3 is 0 Å². The zero-order chi connectivity index (χ0) is 14.7. The van der Waals surface area contributed by atoms with Crippen molar-refractivity contribution in [2.45, 2.75) is 37.6 Å². The lowest BCUT2D eigenvalue weighted by Gasteiger charge is -2.31. The molecule has 21 heavy (non-hydrogen) atoms. The van der Waals surface area contributed by atoms with E-state index in [0.29, 0.717) is 5.92 Å². The van der Waals surface area contributed by atoms with Crippen molar-refractivity contribution >= 4 is 11.6 Å². The molecule has 0 bridgehead atoms. The summed E-state index contributed by atoms with van der Waals surface area (Å²) in [7, 11) is 0. The molecule has 0 spiro atoms. The smallest absolute Gasteiger partial charge is 0.0482 e. The molecule has 4 heteroatoms. The summed E-state index contributed by atoms with van der Waals surface area (Å²) >= 11 is 6.07. The van der Waals surface area contributed by atoms with Gasteiger partial charge in [0.05, 0.1) is 0 Å². The Morgan fingerprint density at radius 1 is 1.33 bits per heavy atom. The van der Waals surface area contributed by atoms with E-state index in [1.807, 2.05) is 30.5 Å². The van der Waals surface area contributed by atoms with E-state index < -0.39 is 0 Å². The largest absolute Gasteiger partial charge is 0.271 e. The summed E-state index contributed by atoms with van der Waals surface area (Å²) in [6.07, 6.45) is 6.17. The second-order valence-electron chi connectivity index (χ2n) is 5.65. The number of halogens is 1. The molecule has 3 rings (SSSR count). The number of nitrogens with two attached hydrogens (primary N) is 1. The Hall–Kier alpha value is -1.42. The number of hydrogen-bond donors (Lipinski definition) is 2. The normalized spacial score (nSPS) is 19.0. The minimum atomic E-state index is 0.178. The van der Waals surface area contributed by atoms with E-state index in [4.69, 9.17) is 17.4 Å². The van der Waals surface area contributed by atoms with Crippen LogP contribution >= 0.6 is 11.6 Å². The fraction of sp³-hybridized carbons (Fsp3) is 0.353. The highest BCUT2D eigenvalue weighted by Gasteiger charge is 2.28. The molecule has 0 fully saturated rings. The zero-order valence-electron chi connectivity index (χ0n) is 11.9. The standard InChI is InChI=1S/C17H20ClN3/c18-14-7-1-4-12(10-14)11-16(21-19)15-8-2-5-13-6-3-9-20-17(13)15/h1,3-4,6-7,9-10,15-16,21H,2,5,8,11,19H2. The van der Waals surface area contributed by atoms with Gasteiger partial charge in [-0.25, -0.2) is 0 Å². The van der Waals surface area contributed by atoms with Crippen LogP contribution in [0, 0.1) is 0 Å². The van der Waals surface area contributed by atoms with Gasteiger partial charge < -0.3 is 0 Å². The molecule has 0 saturated heterocycles. The molecule has 1 aliphatic carbocycles.